The van der Waals surface area contributed by atoms with E-state index >= 15 is 0 Å². The first-order valence-corrected chi connectivity index (χ1v) is 6.73. The zero-order valence-corrected chi connectivity index (χ0v) is 11.6. The fourth-order valence-corrected chi connectivity index (χ4v) is 2.18. The SMILES string of the molecule is CCNc1n[nH]c(-c2ccccc2)c1-c1ccc(=O)[nH]n1. The van der Waals surface area contributed by atoms with E-state index < -0.39 is 0 Å². The van der Waals surface area contributed by atoms with Gasteiger partial charge in [0.1, 0.15) is 0 Å². The molecule has 0 aliphatic heterocycles. The molecular formula is C15H15N5O. The molecule has 6 nitrogen and oxygen atoms in total. The Morgan fingerprint density at radius 1 is 1.05 bits per heavy atom. The fraction of sp³-hybridized carbons (Fsp3) is 0.133. The lowest BCUT2D eigenvalue weighted by Crippen LogP contribution is -2.06. The molecule has 0 bridgehead atoms. The molecule has 0 saturated heterocycles. The summed E-state index contributed by atoms with van der Waals surface area (Å²) in [6.45, 7) is 2.75. The summed E-state index contributed by atoms with van der Waals surface area (Å²) in [5.74, 6) is 0.718. The highest BCUT2D eigenvalue weighted by molar-refractivity contribution is 5.86. The minimum Gasteiger partial charge on any atom is -0.368 e. The molecule has 6 heteroatoms. The van der Waals surface area contributed by atoms with Crippen LogP contribution < -0.4 is 10.9 Å². The Morgan fingerprint density at radius 3 is 2.52 bits per heavy atom. The molecule has 0 saturated carbocycles. The molecule has 2 aromatic heterocycles. The van der Waals surface area contributed by atoms with Gasteiger partial charge in [-0.1, -0.05) is 30.3 Å². The van der Waals surface area contributed by atoms with Crippen molar-refractivity contribution >= 4 is 5.82 Å². The van der Waals surface area contributed by atoms with Crippen molar-refractivity contribution in [1.82, 2.24) is 20.4 Å². The standard InChI is InChI=1S/C15H15N5O/c1-2-16-15-13(11-8-9-12(21)18-17-11)14(19-20-15)10-6-4-3-5-7-10/h3-9H,2H2,1H3,(H,18,21)(H2,16,19,20). The van der Waals surface area contributed by atoms with Crippen molar-refractivity contribution < 1.29 is 0 Å². The number of benzene rings is 1. The molecule has 0 radical (unpaired) electrons. The summed E-state index contributed by atoms with van der Waals surface area (Å²) in [5, 5.41) is 17.1. The highest BCUT2D eigenvalue weighted by atomic mass is 16.1. The molecule has 1 aromatic carbocycles. The molecule has 0 aliphatic carbocycles. The Labute approximate surface area is 121 Å². The Bertz CT molecular complexity index is 771. The number of hydrogen-bond donors (Lipinski definition) is 3. The van der Waals surface area contributed by atoms with E-state index in [-0.39, 0.29) is 5.56 Å². The molecule has 0 atom stereocenters. The van der Waals surface area contributed by atoms with E-state index in [9.17, 15) is 4.79 Å². The number of H-pyrrole nitrogens is 2. The maximum Gasteiger partial charge on any atom is 0.264 e. The van der Waals surface area contributed by atoms with Crippen LogP contribution in [0.4, 0.5) is 5.82 Å². The fourth-order valence-electron chi connectivity index (χ4n) is 2.18. The summed E-state index contributed by atoms with van der Waals surface area (Å²) in [6, 6.07) is 13.0. The smallest absolute Gasteiger partial charge is 0.264 e. The van der Waals surface area contributed by atoms with E-state index in [1.165, 1.54) is 6.07 Å². The number of rotatable bonds is 4. The maximum absolute atomic E-state index is 11.2. The van der Waals surface area contributed by atoms with Crippen molar-refractivity contribution in [3.63, 3.8) is 0 Å². The summed E-state index contributed by atoms with van der Waals surface area (Å²) < 4.78 is 0. The minimum atomic E-state index is -0.228. The number of nitrogens with zero attached hydrogens (tertiary/aromatic N) is 2. The molecule has 21 heavy (non-hydrogen) atoms. The quantitative estimate of drug-likeness (QED) is 0.684. The summed E-state index contributed by atoms with van der Waals surface area (Å²) in [6.07, 6.45) is 0. The third-order valence-corrected chi connectivity index (χ3v) is 3.11. The van der Waals surface area contributed by atoms with Crippen LogP contribution in [0, 0.1) is 0 Å². The second-order valence-corrected chi connectivity index (χ2v) is 4.53. The predicted octanol–water partition coefficient (Wildman–Crippen LogP) is 2.26. The molecule has 0 fully saturated rings. The average Bonchev–Trinajstić information content (AvgIpc) is 2.93. The van der Waals surface area contributed by atoms with Crippen molar-refractivity contribution in [2.24, 2.45) is 0 Å². The molecule has 3 aromatic rings. The van der Waals surface area contributed by atoms with E-state index in [0.29, 0.717) is 5.69 Å². The zero-order valence-electron chi connectivity index (χ0n) is 11.6. The number of hydrogen-bond acceptors (Lipinski definition) is 4. The van der Waals surface area contributed by atoms with E-state index in [0.717, 1.165) is 29.2 Å². The van der Waals surface area contributed by atoms with E-state index in [4.69, 9.17) is 0 Å². The zero-order chi connectivity index (χ0) is 14.7. The van der Waals surface area contributed by atoms with Crippen molar-refractivity contribution in [3.05, 3.63) is 52.8 Å². The van der Waals surface area contributed by atoms with Crippen LogP contribution in [-0.4, -0.2) is 26.9 Å². The highest BCUT2D eigenvalue weighted by Gasteiger charge is 2.17. The lowest BCUT2D eigenvalue weighted by atomic mass is 10.0. The first-order valence-electron chi connectivity index (χ1n) is 6.73. The van der Waals surface area contributed by atoms with Crippen molar-refractivity contribution in [3.8, 4) is 22.5 Å². The lowest BCUT2D eigenvalue weighted by molar-refractivity contribution is 0.995. The Hall–Kier alpha value is -2.89. The van der Waals surface area contributed by atoms with Gasteiger partial charge >= 0.3 is 0 Å². The van der Waals surface area contributed by atoms with Crippen LogP contribution in [0.3, 0.4) is 0 Å². The van der Waals surface area contributed by atoms with Crippen LogP contribution >= 0.6 is 0 Å². The molecule has 0 spiro atoms. The van der Waals surface area contributed by atoms with Gasteiger partial charge in [0, 0.05) is 18.2 Å². The first-order chi connectivity index (χ1) is 10.3. The topological polar surface area (TPSA) is 86.5 Å². The van der Waals surface area contributed by atoms with Crippen LogP contribution in [0.2, 0.25) is 0 Å². The van der Waals surface area contributed by atoms with Crippen molar-refractivity contribution in [2.45, 2.75) is 6.92 Å². The van der Waals surface area contributed by atoms with Gasteiger partial charge in [-0.2, -0.15) is 10.2 Å². The molecule has 106 valence electrons. The minimum absolute atomic E-state index is 0.228. The van der Waals surface area contributed by atoms with Gasteiger partial charge in [-0.3, -0.25) is 9.89 Å². The molecule has 0 amide bonds. The van der Waals surface area contributed by atoms with Gasteiger partial charge in [0.2, 0.25) is 0 Å². The molecule has 0 unspecified atom stereocenters. The monoisotopic (exact) mass is 281 g/mol. The van der Waals surface area contributed by atoms with Gasteiger partial charge in [0.25, 0.3) is 5.56 Å². The Morgan fingerprint density at radius 2 is 1.86 bits per heavy atom. The largest absolute Gasteiger partial charge is 0.368 e. The first kappa shape index (κ1) is 13.1. The Kier molecular flexibility index (Phi) is 3.51. The summed E-state index contributed by atoms with van der Waals surface area (Å²) >= 11 is 0. The van der Waals surface area contributed by atoms with E-state index in [2.05, 4.69) is 25.7 Å². The van der Waals surface area contributed by atoms with Gasteiger partial charge in [-0.25, -0.2) is 5.10 Å². The third kappa shape index (κ3) is 2.55. The van der Waals surface area contributed by atoms with Crippen LogP contribution in [0.15, 0.2) is 47.3 Å². The average molecular weight is 281 g/mol. The van der Waals surface area contributed by atoms with Crippen LogP contribution in [0.5, 0.6) is 0 Å². The van der Waals surface area contributed by atoms with Gasteiger partial charge in [-0.15, -0.1) is 0 Å². The van der Waals surface area contributed by atoms with Crippen LogP contribution in [-0.2, 0) is 0 Å². The third-order valence-electron chi connectivity index (χ3n) is 3.11. The Balaban J connectivity index is 2.18. The second-order valence-electron chi connectivity index (χ2n) is 4.53. The molecular weight excluding hydrogens is 266 g/mol. The van der Waals surface area contributed by atoms with Crippen molar-refractivity contribution in [2.75, 3.05) is 11.9 Å². The summed E-state index contributed by atoms with van der Waals surface area (Å²) in [7, 11) is 0. The second kappa shape index (κ2) is 5.62. The van der Waals surface area contributed by atoms with Gasteiger partial charge in [0.05, 0.1) is 17.0 Å². The van der Waals surface area contributed by atoms with Gasteiger partial charge in [-0.05, 0) is 13.0 Å². The predicted molar refractivity (Wildman–Crippen MR) is 82.0 cm³/mol. The summed E-state index contributed by atoms with van der Waals surface area (Å²) in [4.78, 5) is 11.2. The molecule has 2 heterocycles. The number of anilines is 1. The normalized spacial score (nSPS) is 10.5. The lowest BCUT2D eigenvalue weighted by Gasteiger charge is -2.06. The van der Waals surface area contributed by atoms with Gasteiger partial charge < -0.3 is 5.32 Å². The van der Waals surface area contributed by atoms with E-state index in [1.807, 2.05) is 37.3 Å². The molecule has 3 N–H and O–H groups in total. The number of aromatic amines is 2. The van der Waals surface area contributed by atoms with E-state index in [1.54, 1.807) is 6.07 Å². The van der Waals surface area contributed by atoms with Gasteiger partial charge in [0.15, 0.2) is 5.82 Å². The van der Waals surface area contributed by atoms with Crippen molar-refractivity contribution in [1.29, 1.82) is 0 Å². The van der Waals surface area contributed by atoms with Crippen LogP contribution in [0.1, 0.15) is 6.92 Å². The highest BCUT2D eigenvalue weighted by Crippen LogP contribution is 2.34. The van der Waals surface area contributed by atoms with Crippen LogP contribution in [0.25, 0.3) is 22.5 Å². The number of aromatic nitrogens is 4. The summed E-state index contributed by atoms with van der Waals surface area (Å²) in [5.41, 5.74) is 3.16. The molecule has 0 aliphatic rings. The molecule has 3 rings (SSSR count). The maximum atomic E-state index is 11.2. The number of nitrogens with one attached hydrogen (secondary N) is 3.